The quantitative estimate of drug-likeness (QED) is 0.773. The predicted octanol–water partition coefficient (Wildman–Crippen LogP) is 1.93. The smallest absolute Gasteiger partial charge is 0.233 e. The van der Waals surface area contributed by atoms with Crippen molar-refractivity contribution in [1.82, 2.24) is 14.9 Å². The van der Waals surface area contributed by atoms with E-state index in [1.54, 1.807) is 37.3 Å². The fourth-order valence-corrected chi connectivity index (χ4v) is 3.32. The Morgan fingerprint density at radius 1 is 1.12 bits per heavy atom. The van der Waals surface area contributed by atoms with E-state index in [4.69, 9.17) is 4.74 Å². The normalized spacial score (nSPS) is 14.5. The minimum absolute atomic E-state index is 0.171. The second-order valence-corrected chi connectivity index (χ2v) is 6.43. The number of aromatic nitrogens is 2. The Morgan fingerprint density at radius 2 is 1.79 bits per heavy atom. The second kappa shape index (κ2) is 8.01. The highest BCUT2D eigenvalue weighted by molar-refractivity contribution is 8.00. The number of hydrogen-bond acceptors (Lipinski definition) is 6. The summed E-state index contributed by atoms with van der Waals surface area (Å²) in [5.74, 6) is 2.18. The van der Waals surface area contributed by atoms with Gasteiger partial charge in [-0.25, -0.2) is 9.97 Å². The molecular weight excluding hydrogens is 324 g/mol. The molecule has 1 aromatic heterocycles. The Hall–Kier alpha value is -2.28. The highest BCUT2D eigenvalue weighted by atomic mass is 32.2. The van der Waals surface area contributed by atoms with Gasteiger partial charge in [0.05, 0.1) is 12.9 Å². The number of nitrogens with zero attached hydrogens (tertiary/aromatic N) is 4. The molecule has 6 nitrogen and oxygen atoms in total. The lowest BCUT2D eigenvalue weighted by atomic mass is 10.3. The number of ether oxygens (including phenoxy) is 1. The first kappa shape index (κ1) is 16.6. The molecular formula is C17H20N4O2S. The lowest BCUT2D eigenvalue weighted by molar-refractivity contribution is -0.128. The van der Waals surface area contributed by atoms with Crippen LogP contribution in [0, 0.1) is 0 Å². The van der Waals surface area contributed by atoms with Crippen LogP contribution in [0.5, 0.6) is 5.75 Å². The number of amides is 1. The van der Waals surface area contributed by atoms with Gasteiger partial charge in [0.2, 0.25) is 11.9 Å². The van der Waals surface area contributed by atoms with Gasteiger partial charge in [-0.05, 0) is 30.3 Å². The van der Waals surface area contributed by atoms with E-state index in [0.717, 1.165) is 29.7 Å². The first-order valence-electron chi connectivity index (χ1n) is 7.83. The third kappa shape index (κ3) is 4.17. The maximum absolute atomic E-state index is 12.4. The highest BCUT2D eigenvalue weighted by Crippen LogP contribution is 2.22. The number of thioether (sulfide) groups is 1. The third-order valence-corrected chi connectivity index (χ3v) is 4.89. The Kier molecular flexibility index (Phi) is 5.53. The van der Waals surface area contributed by atoms with E-state index < -0.39 is 0 Å². The molecule has 24 heavy (non-hydrogen) atoms. The van der Waals surface area contributed by atoms with Crippen molar-refractivity contribution in [3.05, 3.63) is 42.7 Å². The van der Waals surface area contributed by atoms with Crippen molar-refractivity contribution in [3.63, 3.8) is 0 Å². The van der Waals surface area contributed by atoms with Gasteiger partial charge < -0.3 is 14.5 Å². The maximum Gasteiger partial charge on any atom is 0.233 e. The molecule has 3 rings (SSSR count). The molecule has 1 amide bonds. The van der Waals surface area contributed by atoms with Crippen LogP contribution >= 0.6 is 11.8 Å². The molecule has 0 atom stereocenters. The topological polar surface area (TPSA) is 58.6 Å². The van der Waals surface area contributed by atoms with Crippen molar-refractivity contribution in [3.8, 4) is 5.75 Å². The summed E-state index contributed by atoms with van der Waals surface area (Å²) >= 11 is 1.55. The number of carbonyl (C=O) groups excluding carboxylic acids is 1. The van der Waals surface area contributed by atoms with E-state index in [0.29, 0.717) is 18.8 Å². The van der Waals surface area contributed by atoms with E-state index in [9.17, 15) is 4.79 Å². The monoisotopic (exact) mass is 344 g/mol. The average Bonchev–Trinajstić information content (AvgIpc) is 2.67. The van der Waals surface area contributed by atoms with Crippen LogP contribution in [0.3, 0.4) is 0 Å². The van der Waals surface area contributed by atoms with Gasteiger partial charge in [-0.3, -0.25) is 4.79 Å². The van der Waals surface area contributed by atoms with E-state index in [1.165, 1.54) is 0 Å². The van der Waals surface area contributed by atoms with Gasteiger partial charge in [0, 0.05) is 43.5 Å². The standard InChI is InChI=1S/C17H20N4O2S/c1-23-14-3-5-15(6-4-14)24-13-16(22)20-9-11-21(12-10-20)17-18-7-2-8-19-17/h2-8H,9-13H2,1H3. The van der Waals surface area contributed by atoms with Gasteiger partial charge in [-0.2, -0.15) is 0 Å². The Bertz CT molecular complexity index is 658. The molecule has 0 spiro atoms. The molecule has 2 heterocycles. The minimum Gasteiger partial charge on any atom is -0.497 e. The molecule has 0 saturated carbocycles. The molecule has 0 radical (unpaired) electrons. The van der Waals surface area contributed by atoms with Crippen LogP contribution in [0.25, 0.3) is 0 Å². The maximum atomic E-state index is 12.4. The van der Waals surface area contributed by atoms with Crippen molar-refractivity contribution < 1.29 is 9.53 Å². The van der Waals surface area contributed by atoms with E-state index in [1.807, 2.05) is 29.2 Å². The van der Waals surface area contributed by atoms with Crippen LogP contribution in [0.1, 0.15) is 0 Å². The summed E-state index contributed by atoms with van der Waals surface area (Å²) in [4.78, 5) is 26.0. The summed E-state index contributed by atoms with van der Waals surface area (Å²) in [6.45, 7) is 2.95. The van der Waals surface area contributed by atoms with Crippen molar-refractivity contribution in [2.75, 3.05) is 43.9 Å². The highest BCUT2D eigenvalue weighted by Gasteiger charge is 2.22. The summed E-state index contributed by atoms with van der Waals surface area (Å²) in [6, 6.07) is 9.57. The molecule has 7 heteroatoms. The number of anilines is 1. The molecule has 1 aromatic carbocycles. The van der Waals surface area contributed by atoms with Crippen LogP contribution in [-0.2, 0) is 4.79 Å². The predicted molar refractivity (Wildman–Crippen MR) is 94.5 cm³/mol. The van der Waals surface area contributed by atoms with Crippen LogP contribution < -0.4 is 9.64 Å². The zero-order valence-corrected chi connectivity index (χ0v) is 14.4. The molecule has 0 bridgehead atoms. The van der Waals surface area contributed by atoms with Crippen molar-refractivity contribution in [1.29, 1.82) is 0 Å². The number of rotatable bonds is 5. The zero-order valence-electron chi connectivity index (χ0n) is 13.6. The molecule has 0 unspecified atom stereocenters. The Labute approximate surface area is 145 Å². The lowest BCUT2D eigenvalue weighted by Gasteiger charge is -2.34. The van der Waals surface area contributed by atoms with Gasteiger partial charge in [0.15, 0.2) is 0 Å². The van der Waals surface area contributed by atoms with Crippen molar-refractivity contribution in [2.24, 2.45) is 0 Å². The van der Waals surface area contributed by atoms with Gasteiger partial charge in [-0.1, -0.05) is 0 Å². The molecule has 126 valence electrons. The van der Waals surface area contributed by atoms with Gasteiger partial charge in [-0.15, -0.1) is 11.8 Å². The number of benzene rings is 1. The molecule has 1 saturated heterocycles. The average molecular weight is 344 g/mol. The summed E-state index contributed by atoms with van der Waals surface area (Å²) in [5, 5.41) is 0. The lowest BCUT2D eigenvalue weighted by Crippen LogP contribution is -2.49. The number of hydrogen-bond donors (Lipinski definition) is 0. The Balaban J connectivity index is 1.46. The van der Waals surface area contributed by atoms with Crippen LogP contribution in [-0.4, -0.2) is 59.8 Å². The molecule has 1 fully saturated rings. The summed E-state index contributed by atoms with van der Waals surface area (Å²) in [7, 11) is 1.64. The van der Waals surface area contributed by atoms with Crippen LogP contribution in [0.2, 0.25) is 0 Å². The summed E-state index contributed by atoms with van der Waals surface area (Å²) in [6.07, 6.45) is 3.48. The van der Waals surface area contributed by atoms with Crippen LogP contribution in [0.4, 0.5) is 5.95 Å². The summed E-state index contributed by atoms with van der Waals surface area (Å²) < 4.78 is 5.14. The van der Waals surface area contributed by atoms with Gasteiger partial charge >= 0.3 is 0 Å². The zero-order chi connectivity index (χ0) is 16.8. The largest absolute Gasteiger partial charge is 0.497 e. The molecule has 0 N–H and O–H groups in total. The van der Waals surface area contributed by atoms with Crippen LogP contribution in [0.15, 0.2) is 47.6 Å². The first-order valence-corrected chi connectivity index (χ1v) is 8.81. The van der Waals surface area contributed by atoms with E-state index in [2.05, 4.69) is 14.9 Å². The molecule has 1 aliphatic rings. The summed E-state index contributed by atoms with van der Waals surface area (Å²) in [5.41, 5.74) is 0. The third-order valence-electron chi connectivity index (χ3n) is 3.89. The van der Waals surface area contributed by atoms with E-state index >= 15 is 0 Å². The second-order valence-electron chi connectivity index (χ2n) is 5.38. The Morgan fingerprint density at radius 3 is 2.42 bits per heavy atom. The van der Waals surface area contributed by atoms with Crippen molar-refractivity contribution >= 4 is 23.6 Å². The van der Waals surface area contributed by atoms with Gasteiger partial charge in [0.25, 0.3) is 0 Å². The van der Waals surface area contributed by atoms with Crippen molar-refractivity contribution in [2.45, 2.75) is 4.90 Å². The molecule has 1 aliphatic heterocycles. The first-order chi connectivity index (χ1) is 11.8. The SMILES string of the molecule is COc1ccc(SCC(=O)N2CCN(c3ncccn3)CC2)cc1. The minimum atomic E-state index is 0.171. The molecule has 0 aliphatic carbocycles. The number of piperazine rings is 1. The van der Waals surface area contributed by atoms with E-state index in [-0.39, 0.29) is 5.91 Å². The fourth-order valence-electron chi connectivity index (χ4n) is 2.52. The number of carbonyl (C=O) groups is 1. The van der Waals surface area contributed by atoms with Gasteiger partial charge in [0.1, 0.15) is 5.75 Å². The molecule has 2 aromatic rings. The number of methoxy groups -OCH3 is 1. The fraction of sp³-hybridized carbons (Fsp3) is 0.353.